The lowest BCUT2D eigenvalue weighted by Crippen LogP contribution is -2.49. The number of fused-ring (bicyclic) bond motifs is 4. The van der Waals surface area contributed by atoms with Gasteiger partial charge in [-0.2, -0.15) is 5.26 Å². The van der Waals surface area contributed by atoms with Gasteiger partial charge in [-0.15, -0.1) is 0 Å². The minimum atomic E-state index is -0.825. The molecule has 1 aromatic carbocycles. The van der Waals surface area contributed by atoms with Crippen molar-refractivity contribution in [1.29, 1.82) is 5.26 Å². The molecule has 5 nitrogen and oxygen atoms in total. The summed E-state index contributed by atoms with van der Waals surface area (Å²) >= 11 is 0. The number of carbonyl (C=O) groups is 1. The standard InChI is InChI=1S/C23H26N2O3/c1-14-11-23(22(4,5)17(14)12-24)16-7-8-18-15(9-10-21(2,3)28-18)19(16)25(13-27-6)20(23)26/h7-10,17H,1,11,13H2,2-6H3/t17-,23-/m1/s1. The highest BCUT2D eigenvalue weighted by molar-refractivity contribution is 6.11. The fourth-order valence-electron chi connectivity index (χ4n) is 5.25. The van der Waals surface area contributed by atoms with Gasteiger partial charge in [-0.25, -0.2) is 0 Å². The van der Waals surface area contributed by atoms with Gasteiger partial charge in [0.15, 0.2) is 0 Å². The number of amides is 1. The molecule has 0 unspecified atom stereocenters. The van der Waals surface area contributed by atoms with Crippen molar-refractivity contribution in [2.24, 2.45) is 11.3 Å². The molecule has 2 atom stereocenters. The van der Waals surface area contributed by atoms with Gasteiger partial charge in [-0.1, -0.05) is 32.1 Å². The van der Waals surface area contributed by atoms with E-state index in [1.54, 1.807) is 12.0 Å². The van der Waals surface area contributed by atoms with E-state index in [0.29, 0.717) is 6.42 Å². The smallest absolute Gasteiger partial charge is 0.240 e. The molecule has 1 saturated carbocycles. The molecule has 0 bridgehead atoms. The van der Waals surface area contributed by atoms with Crippen LogP contribution in [-0.4, -0.2) is 25.3 Å². The minimum Gasteiger partial charge on any atom is -0.483 e. The van der Waals surface area contributed by atoms with E-state index in [1.165, 1.54) is 0 Å². The van der Waals surface area contributed by atoms with E-state index in [1.807, 2.05) is 52.0 Å². The summed E-state index contributed by atoms with van der Waals surface area (Å²) in [4.78, 5) is 15.5. The summed E-state index contributed by atoms with van der Waals surface area (Å²) in [6.45, 7) is 12.3. The first-order valence-corrected chi connectivity index (χ1v) is 9.54. The second-order valence-electron chi connectivity index (χ2n) is 9.09. The Morgan fingerprint density at radius 2 is 2.07 bits per heavy atom. The SMILES string of the molecule is C=C1C[C@@]2(C(=O)N(COC)c3c2ccc2c3C=CC(C)(C)O2)C(C)(C)[C@@H]1C#N. The number of nitrogens with zero attached hydrogens (tertiary/aromatic N) is 2. The van der Waals surface area contributed by atoms with Crippen LogP contribution in [0.15, 0.2) is 30.4 Å². The molecule has 28 heavy (non-hydrogen) atoms. The molecular weight excluding hydrogens is 352 g/mol. The molecule has 1 aromatic rings. The maximum Gasteiger partial charge on any atom is 0.240 e. The number of ether oxygens (including phenoxy) is 2. The number of hydrogen-bond acceptors (Lipinski definition) is 4. The molecule has 4 rings (SSSR count). The fourth-order valence-corrected chi connectivity index (χ4v) is 5.25. The molecule has 0 N–H and O–H groups in total. The third kappa shape index (κ3) is 2.13. The number of rotatable bonds is 2. The van der Waals surface area contributed by atoms with Crippen molar-refractivity contribution in [3.05, 3.63) is 41.5 Å². The van der Waals surface area contributed by atoms with Crippen molar-refractivity contribution < 1.29 is 14.3 Å². The lowest BCUT2D eigenvalue weighted by Gasteiger charge is -2.38. The number of hydrogen-bond donors (Lipinski definition) is 0. The minimum absolute atomic E-state index is 0.0279. The van der Waals surface area contributed by atoms with Crippen molar-refractivity contribution in [3.8, 4) is 11.8 Å². The van der Waals surface area contributed by atoms with Crippen molar-refractivity contribution in [3.63, 3.8) is 0 Å². The van der Waals surface area contributed by atoms with Crippen molar-refractivity contribution in [2.45, 2.75) is 45.1 Å². The molecule has 146 valence electrons. The first-order valence-electron chi connectivity index (χ1n) is 9.54. The highest BCUT2D eigenvalue weighted by Crippen LogP contribution is 2.65. The second-order valence-corrected chi connectivity index (χ2v) is 9.09. The summed E-state index contributed by atoms with van der Waals surface area (Å²) < 4.78 is 11.5. The highest BCUT2D eigenvalue weighted by atomic mass is 16.5. The van der Waals surface area contributed by atoms with Gasteiger partial charge in [0.1, 0.15) is 18.1 Å². The normalized spacial score (nSPS) is 28.9. The Labute approximate surface area is 166 Å². The molecule has 0 aromatic heterocycles. The Morgan fingerprint density at radius 1 is 1.36 bits per heavy atom. The van der Waals surface area contributed by atoms with E-state index < -0.39 is 16.4 Å². The molecule has 0 radical (unpaired) electrons. The van der Waals surface area contributed by atoms with Crippen LogP contribution >= 0.6 is 0 Å². The van der Waals surface area contributed by atoms with Crippen LogP contribution in [-0.2, 0) is 14.9 Å². The first kappa shape index (κ1) is 18.8. The summed E-state index contributed by atoms with van der Waals surface area (Å²) in [5.74, 6) is 0.345. The molecule has 1 amide bonds. The number of anilines is 1. The van der Waals surface area contributed by atoms with E-state index in [4.69, 9.17) is 9.47 Å². The molecule has 1 aliphatic carbocycles. The Balaban J connectivity index is 2.00. The Bertz CT molecular complexity index is 967. The molecule has 1 spiro atoms. The van der Waals surface area contributed by atoms with Gasteiger partial charge < -0.3 is 9.47 Å². The van der Waals surface area contributed by atoms with Crippen molar-refractivity contribution in [2.75, 3.05) is 18.7 Å². The number of carbonyl (C=O) groups excluding carboxylic acids is 1. The number of benzene rings is 1. The Hall–Kier alpha value is -2.58. The maximum atomic E-state index is 13.8. The van der Waals surface area contributed by atoms with Gasteiger partial charge >= 0.3 is 0 Å². The van der Waals surface area contributed by atoms with Crippen LogP contribution in [0.2, 0.25) is 0 Å². The summed E-state index contributed by atoms with van der Waals surface area (Å²) in [5, 5.41) is 9.78. The lowest BCUT2D eigenvalue weighted by molar-refractivity contribution is -0.127. The monoisotopic (exact) mass is 378 g/mol. The van der Waals surface area contributed by atoms with Crippen LogP contribution in [0.5, 0.6) is 5.75 Å². The average molecular weight is 378 g/mol. The zero-order valence-electron chi connectivity index (χ0n) is 17.1. The quantitative estimate of drug-likeness (QED) is 0.724. The van der Waals surface area contributed by atoms with Crippen LogP contribution < -0.4 is 9.64 Å². The molecule has 2 heterocycles. The lowest BCUT2D eigenvalue weighted by atomic mass is 9.62. The van der Waals surface area contributed by atoms with E-state index >= 15 is 0 Å². The van der Waals surface area contributed by atoms with Crippen LogP contribution in [0.3, 0.4) is 0 Å². The largest absolute Gasteiger partial charge is 0.483 e. The van der Waals surface area contributed by atoms with E-state index in [9.17, 15) is 10.1 Å². The van der Waals surface area contributed by atoms with Crippen LogP contribution in [0.4, 0.5) is 5.69 Å². The molecular formula is C23H26N2O3. The molecule has 1 fully saturated rings. The van der Waals surface area contributed by atoms with Crippen LogP contribution in [0.1, 0.15) is 45.2 Å². The van der Waals surface area contributed by atoms with E-state index in [0.717, 1.165) is 28.1 Å². The number of allylic oxidation sites excluding steroid dienone is 1. The Kier molecular flexibility index (Phi) is 3.83. The van der Waals surface area contributed by atoms with Gasteiger partial charge in [-0.3, -0.25) is 9.69 Å². The van der Waals surface area contributed by atoms with E-state index in [2.05, 4.69) is 12.6 Å². The average Bonchev–Trinajstić information content (AvgIpc) is 2.97. The van der Waals surface area contributed by atoms with Crippen molar-refractivity contribution in [1.82, 2.24) is 0 Å². The van der Waals surface area contributed by atoms with Gasteiger partial charge in [0, 0.05) is 18.1 Å². The van der Waals surface area contributed by atoms with Crippen LogP contribution in [0.25, 0.3) is 6.08 Å². The predicted molar refractivity (Wildman–Crippen MR) is 108 cm³/mol. The third-order valence-corrected chi connectivity index (χ3v) is 6.65. The molecule has 2 aliphatic heterocycles. The maximum absolute atomic E-state index is 13.8. The fraction of sp³-hybridized carbons (Fsp3) is 0.478. The highest BCUT2D eigenvalue weighted by Gasteiger charge is 2.66. The molecule has 0 saturated heterocycles. The van der Waals surface area contributed by atoms with Gasteiger partial charge in [-0.05, 0) is 44.1 Å². The summed E-state index contributed by atoms with van der Waals surface area (Å²) in [6, 6.07) is 6.33. The number of nitriles is 1. The van der Waals surface area contributed by atoms with E-state index in [-0.39, 0.29) is 18.6 Å². The van der Waals surface area contributed by atoms with Crippen molar-refractivity contribution >= 4 is 17.7 Å². The first-order chi connectivity index (χ1) is 13.1. The Morgan fingerprint density at radius 3 is 2.68 bits per heavy atom. The summed E-state index contributed by atoms with van der Waals surface area (Å²) in [6.07, 6.45) is 4.51. The topological polar surface area (TPSA) is 62.6 Å². The van der Waals surface area contributed by atoms with Crippen LogP contribution in [0, 0.1) is 22.7 Å². The summed E-state index contributed by atoms with van der Waals surface area (Å²) in [5.41, 5.74) is 1.66. The third-order valence-electron chi connectivity index (χ3n) is 6.65. The van der Waals surface area contributed by atoms with Gasteiger partial charge in [0.2, 0.25) is 5.91 Å². The second kappa shape index (κ2) is 5.71. The summed E-state index contributed by atoms with van der Waals surface area (Å²) in [7, 11) is 1.58. The predicted octanol–water partition coefficient (Wildman–Crippen LogP) is 4.18. The van der Waals surface area contributed by atoms with Gasteiger partial charge in [0.25, 0.3) is 0 Å². The number of methoxy groups -OCH3 is 1. The zero-order chi connectivity index (χ0) is 20.5. The molecule has 5 heteroatoms. The zero-order valence-corrected chi connectivity index (χ0v) is 17.1. The molecule has 3 aliphatic rings. The van der Waals surface area contributed by atoms with Gasteiger partial charge in [0.05, 0.1) is 23.1 Å².